The van der Waals surface area contributed by atoms with Crippen molar-refractivity contribution in [3.05, 3.63) is 53.3 Å². The summed E-state index contributed by atoms with van der Waals surface area (Å²) in [4.78, 5) is 18.7. The molecule has 0 unspecified atom stereocenters. The van der Waals surface area contributed by atoms with Crippen molar-refractivity contribution in [3.8, 4) is 0 Å². The van der Waals surface area contributed by atoms with Crippen molar-refractivity contribution < 1.29 is 4.79 Å². The number of halogens is 1. The van der Waals surface area contributed by atoms with Crippen LogP contribution in [0.3, 0.4) is 0 Å². The van der Waals surface area contributed by atoms with Gasteiger partial charge in [0, 0.05) is 17.8 Å². The second kappa shape index (κ2) is 7.64. The van der Waals surface area contributed by atoms with E-state index < -0.39 is 0 Å². The number of pyridine rings is 1. The van der Waals surface area contributed by atoms with E-state index in [9.17, 15) is 4.79 Å². The number of para-hydroxylation sites is 2. The average molecular weight is 345 g/mol. The summed E-state index contributed by atoms with van der Waals surface area (Å²) in [6, 6.07) is 11.4. The Morgan fingerprint density at radius 3 is 2.62 bits per heavy atom. The zero-order valence-electron chi connectivity index (χ0n) is 13.6. The van der Waals surface area contributed by atoms with Gasteiger partial charge in [0.1, 0.15) is 5.15 Å². The van der Waals surface area contributed by atoms with Crippen LogP contribution in [-0.4, -0.2) is 42.0 Å². The summed E-state index contributed by atoms with van der Waals surface area (Å²) in [7, 11) is 2.14. The molecule has 0 radical (unpaired) electrons. The lowest BCUT2D eigenvalue weighted by molar-refractivity contribution is 0.102. The molecule has 2 aromatic rings. The topological polar surface area (TPSA) is 57.3 Å². The molecule has 1 aliphatic rings. The summed E-state index contributed by atoms with van der Waals surface area (Å²) in [6.07, 6.45) is 3.72. The Hall–Kier alpha value is -2.11. The van der Waals surface area contributed by atoms with Crippen molar-refractivity contribution in [3.63, 3.8) is 0 Å². The Balaban J connectivity index is 1.71. The first kappa shape index (κ1) is 16.7. The molecule has 1 amide bonds. The van der Waals surface area contributed by atoms with Crippen LogP contribution in [0.2, 0.25) is 5.15 Å². The molecular weight excluding hydrogens is 324 g/mol. The Morgan fingerprint density at radius 1 is 1.21 bits per heavy atom. The molecule has 1 fully saturated rings. The molecule has 126 valence electrons. The Labute approximate surface area is 147 Å². The lowest BCUT2D eigenvalue weighted by Crippen LogP contribution is -2.36. The standard InChI is InChI=1S/C18H21ClN4O/c1-23-10-7-14(8-11-23)21-15-4-2-3-5-16(15)22-18(24)13-6-9-20-17(19)12-13/h2-6,9,12,14,21H,7-8,10-11H2,1H3,(H,22,24). The number of piperidine rings is 1. The third-order valence-electron chi connectivity index (χ3n) is 4.24. The van der Waals surface area contributed by atoms with Crippen molar-refractivity contribution in [2.45, 2.75) is 18.9 Å². The van der Waals surface area contributed by atoms with E-state index in [1.54, 1.807) is 12.1 Å². The number of carbonyl (C=O) groups is 1. The molecule has 24 heavy (non-hydrogen) atoms. The number of hydrogen-bond donors (Lipinski definition) is 2. The Bertz CT molecular complexity index is 714. The van der Waals surface area contributed by atoms with Crippen molar-refractivity contribution >= 4 is 28.9 Å². The lowest BCUT2D eigenvalue weighted by atomic mass is 10.0. The molecule has 1 aromatic heterocycles. The van der Waals surface area contributed by atoms with E-state index in [0.717, 1.165) is 37.3 Å². The number of hydrogen-bond acceptors (Lipinski definition) is 4. The van der Waals surface area contributed by atoms with E-state index >= 15 is 0 Å². The SMILES string of the molecule is CN1CCC(Nc2ccccc2NC(=O)c2ccnc(Cl)c2)CC1. The van der Waals surface area contributed by atoms with Gasteiger partial charge in [-0.05, 0) is 57.2 Å². The van der Waals surface area contributed by atoms with E-state index in [1.165, 1.54) is 6.20 Å². The van der Waals surface area contributed by atoms with Gasteiger partial charge in [0.05, 0.1) is 11.4 Å². The monoisotopic (exact) mass is 344 g/mol. The van der Waals surface area contributed by atoms with Gasteiger partial charge in [0.15, 0.2) is 0 Å². The van der Waals surface area contributed by atoms with Crippen molar-refractivity contribution in [2.75, 3.05) is 30.8 Å². The van der Waals surface area contributed by atoms with Crippen LogP contribution in [-0.2, 0) is 0 Å². The number of amides is 1. The van der Waals surface area contributed by atoms with Crippen LogP contribution in [0.15, 0.2) is 42.6 Å². The summed E-state index contributed by atoms with van der Waals surface area (Å²) in [5, 5.41) is 6.82. The Morgan fingerprint density at radius 2 is 1.92 bits per heavy atom. The fourth-order valence-corrected chi connectivity index (χ4v) is 3.00. The van der Waals surface area contributed by atoms with E-state index in [2.05, 4.69) is 27.6 Å². The number of rotatable bonds is 4. The molecule has 1 aromatic carbocycles. The van der Waals surface area contributed by atoms with Gasteiger partial charge in [-0.15, -0.1) is 0 Å². The molecular formula is C18H21ClN4O. The molecule has 2 N–H and O–H groups in total. The second-order valence-corrected chi connectivity index (χ2v) is 6.48. The minimum absolute atomic E-state index is 0.197. The van der Waals surface area contributed by atoms with Crippen molar-refractivity contribution in [1.29, 1.82) is 0 Å². The maximum absolute atomic E-state index is 12.4. The maximum atomic E-state index is 12.4. The van der Waals surface area contributed by atoms with Gasteiger partial charge in [-0.1, -0.05) is 23.7 Å². The van der Waals surface area contributed by atoms with Gasteiger partial charge in [0.2, 0.25) is 0 Å². The number of benzene rings is 1. The Kier molecular flexibility index (Phi) is 5.33. The highest BCUT2D eigenvalue weighted by Gasteiger charge is 2.18. The van der Waals surface area contributed by atoms with Crippen LogP contribution in [0.1, 0.15) is 23.2 Å². The van der Waals surface area contributed by atoms with Crippen LogP contribution in [0, 0.1) is 0 Å². The second-order valence-electron chi connectivity index (χ2n) is 6.09. The summed E-state index contributed by atoms with van der Waals surface area (Å²) in [5.41, 5.74) is 2.21. The van der Waals surface area contributed by atoms with Crippen LogP contribution in [0.25, 0.3) is 0 Å². The molecule has 0 atom stereocenters. The van der Waals surface area contributed by atoms with Gasteiger partial charge in [-0.25, -0.2) is 4.98 Å². The molecule has 0 bridgehead atoms. The zero-order chi connectivity index (χ0) is 16.9. The number of anilines is 2. The number of nitrogens with one attached hydrogen (secondary N) is 2. The summed E-state index contributed by atoms with van der Waals surface area (Å²) in [5.74, 6) is -0.197. The molecule has 1 aliphatic heterocycles. The zero-order valence-corrected chi connectivity index (χ0v) is 14.4. The summed E-state index contributed by atoms with van der Waals surface area (Å²) in [6.45, 7) is 2.17. The smallest absolute Gasteiger partial charge is 0.255 e. The highest BCUT2D eigenvalue weighted by molar-refractivity contribution is 6.29. The first-order chi connectivity index (χ1) is 11.6. The molecule has 3 rings (SSSR count). The van der Waals surface area contributed by atoms with Crippen molar-refractivity contribution in [1.82, 2.24) is 9.88 Å². The van der Waals surface area contributed by atoms with Crippen LogP contribution < -0.4 is 10.6 Å². The minimum Gasteiger partial charge on any atom is -0.381 e. The number of likely N-dealkylation sites (tertiary alicyclic amines) is 1. The summed E-state index contributed by atoms with van der Waals surface area (Å²) >= 11 is 5.86. The van der Waals surface area contributed by atoms with E-state index in [0.29, 0.717) is 16.8 Å². The van der Waals surface area contributed by atoms with Crippen molar-refractivity contribution in [2.24, 2.45) is 0 Å². The van der Waals surface area contributed by atoms with Gasteiger partial charge in [-0.2, -0.15) is 0 Å². The quantitative estimate of drug-likeness (QED) is 0.833. The minimum atomic E-state index is -0.197. The van der Waals surface area contributed by atoms with E-state index in [4.69, 9.17) is 11.6 Å². The molecule has 2 heterocycles. The van der Waals surface area contributed by atoms with Gasteiger partial charge >= 0.3 is 0 Å². The third kappa shape index (κ3) is 4.24. The first-order valence-electron chi connectivity index (χ1n) is 8.09. The van der Waals surface area contributed by atoms with Gasteiger partial charge in [-0.3, -0.25) is 4.79 Å². The first-order valence-corrected chi connectivity index (χ1v) is 8.46. The third-order valence-corrected chi connectivity index (χ3v) is 4.45. The normalized spacial score (nSPS) is 15.9. The fraction of sp³-hybridized carbons (Fsp3) is 0.333. The molecule has 5 nitrogen and oxygen atoms in total. The number of aromatic nitrogens is 1. The van der Waals surface area contributed by atoms with E-state index in [-0.39, 0.29) is 5.91 Å². The fourth-order valence-electron chi connectivity index (χ4n) is 2.83. The molecule has 0 saturated carbocycles. The van der Waals surface area contributed by atoms with E-state index in [1.807, 2.05) is 24.3 Å². The number of nitrogens with zero attached hydrogens (tertiary/aromatic N) is 2. The van der Waals surface area contributed by atoms with Gasteiger partial charge in [0.25, 0.3) is 5.91 Å². The highest BCUT2D eigenvalue weighted by atomic mass is 35.5. The largest absolute Gasteiger partial charge is 0.381 e. The lowest BCUT2D eigenvalue weighted by Gasteiger charge is -2.30. The predicted molar refractivity (Wildman–Crippen MR) is 97.8 cm³/mol. The molecule has 0 aliphatic carbocycles. The molecule has 1 saturated heterocycles. The molecule has 0 spiro atoms. The maximum Gasteiger partial charge on any atom is 0.255 e. The van der Waals surface area contributed by atoms with Crippen LogP contribution in [0.4, 0.5) is 11.4 Å². The number of carbonyl (C=O) groups excluding carboxylic acids is 1. The predicted octanol–water partition coefficient (Wildman–Crippen LogP) is 3.49. The highest BCUT2D eigenvalue weighted by Crippen LogP contribution is 2.25. The molecule has 6 heteroatoms. The average Bonchev–Trinajstić information content (AvgIpc) is 2.58. The summed E-state index contributed by atoms with van der Waals surface area (Å²) < 4.78 is 0. The van der Waals surface area contributed by atoms with Crippen LogP contribution in [0.5, 0.6) is 0 Å². The van der Waals surface area contributed by atoms with Gasteiger partial charge < -0.3 is 15.5 Å². The van der Waals surface area contributed by atoms with Crippen LogP contribution >= 0.6 is 11.6 Å².